The summed E-state index contributed by atoms with van der Waals surface area (Å²) >= 11 is 0. The minimum atomic E-state index is -3.93. The molecule has 1 aliphatic heterocycles. The first kappa shape index (κ1) is 26.2. The van der Waals surface area contributed by atoms with Crippen molar-refractivity contribution in [3.63, 3.8) is 0 Å². The minimum Gasteiger partial charge on any atom is -0.497 e. The van der Waals surface area contributed by atoms with E-state index in [-0.39, 0.29) is 48.2 Å². The van der Waals surface area contributed by atoms with E-state index < -0.39 is 22.0 Å². The van der Waals surface area contributed by atoms with Crippen molar-refractivity contribution in [2.45, 2.75) is 50.6 Å². The molecule has 2 aromatic rings. The maximum atomic E-state index is 13.2. The van der Waals surface area contributed by atoms with E-state index in [1.165, 1.54) is 17.0 Å². The molecule has 0 fully saturated rings. The van der Waals surface area contributed by atoms with Crippen molar-refractivity contribution in [1.29, 1.82) is 0 Å². The molecule has 0 saturated heterocycles. The lowest BCUT2D eigenvalue weighted by Gasteiger charge is -2.29. The number of hydrogen-bond donors (Lipinski definition) is 1. The number of methoxy groups -OCH3 is 1. The van der Waals surface area contributed by atoms with Crippen LogP contribution in [0.1, 0.15) is 49.0 Å². The average molecular weight is 502 g/mol. The highest BCUT2D eigenvalue weighted by atomic mass is 32.2. The molecule has 1 atom stereocenters. The average Bonchev–Trinajstić information content (AvgIpc) is 3.06. The molecule has 1 aliphatic rings. The van der Waals surface area contributed by atoms with Gasteiger partial charge in [0.25, 0.3) is 15.9 Å². The molecule has 1 N–H and O–H groups in total. The lowest BCUT2D eigenvalue weighted by Crippen LogP contribution is -2.47. The van der Waals surface area contributed by atoms with Gasteiger partial charge in [-0.05, 0) is 49.6 Å². The predicted octanol–water partition coefficient (Wildman–Crippen LogP) is 2.56. The molecule has 0 spiro atoms. The number of nitrogens with one attached hydrogen (secondary N) is 1. The van der Waals surface area contributed by atoms with Crippen molar-refractivity contribution in [2.24, 2.45) is 0 Å². The summed E-state index contributed by atoms with van der Waals surface area (Å²) in [6.45, 7) is 4.20. The normalized spacial score (nSPS) is 14.8. The zero-order valence-electron chi connectivity index (χ0n) is 20.2. The van der Waals surface area contributed by atoms with E-state index in [2.05, 4.69) is 5.32 Å². The molecule has 10 heteroatoms. The van der Waals surface area contributed by atoms with Crippen LogP contribution in [-0.2, 0) is 26.2 Å². The van der Waals surface area contributed by atoms with Gasteiger partial charge in [0.05, 0.1) is 12.7 Å². The molecule has 0 saturated carbocycles. The van der Waals surface area contributed by atoms with Crippen LogP contribution < -0.4 is 10.1 Å². The molecule has 3 amide bonds. The molecular weight excluding hydrogens is 470 g/mol. The third kappa shape index (κ3) is 5.82. The molecule has 0 radical (unpaired) electrons. The number of rotatable bonds is 11. The Balaban J connectivity index is 1.70. The zero-order chi connectivity index (χ0) is 25.6. The van der Waals surface area contributed by atoms with Gasteiger partial charge in [-0.15, -0.1) is 0 Å². The number of carbonyl (C=O) groups is 3. The highest BCUT2D eigenvalue weighted by Crippen LogP contribution is 2.30. The lowest BCUT2D eigenvalue weighted by molar-refractivity contribution is -0.140. The fourth-order valence-corrected chi connectivity index (χ4v) is 5.48. The molecular formula is C25H31N3O6S. The van der Waals surface area contributed by atoms with Gasteiger partial charge in [0.15, 0.2) is 0 Å². The number of fused-ring (bicyclic) bond motifs is 1. The van der Waals surface area contributed by atoms with E-state index in [1.807, 2.05) is 19.1 Å². The Bertz CT molecular complexity index is 1180. The maximum absolute atomic E-state index is 13.2. The number of sulfonamides is 1. The molecule has 0 aliphatic carbocycles. The summed E-state index contributed by atoms with van der Waals surface area (Å²) in [6.07, 6.45) is 0.892. The topological polar surface area (TPSA) is 113 Å². The first-order valence-electron chi connectivity index (χ1n) is 11.6. The number of hydrogen-bond acceptors (Lipinski definition) is 6. The smallest absolute Gasteiger partial charge is 0.269 e. The SMILES string of the molecule is CCCNC(=O)[C@H](C)N(Cc1ccc(OC)cc1)C(=O)CCCN1C(=O)c2ccccc2S1(=O)=O. The number of benzene rings is 2. The second-order valence-electron chi connectivity index (χ2n) is 8.32. The van der Waals surface area contributed by atoms with Gasteiger partial charge in [-0.25, -0.2) is 12.7 Å². The minimum absolute atomic E-state index is 0.0151. The quantitative estimate of drug-likeness (QED) is 0.506. The third-order valence-electron chi connectivity index (χ3n) is 5.89. The zero-order valence-corrected chi connectivity index (χ0v) is 21.0. The summed E-state index contributed by atoms with van der Waals surface area (Å²) in [6, 6.07) is 12.5. The second kappa shape index (κ2) is 11.4. The van der Waals surface area contributed by atoms with Crippen LogP contribution in [0.5, 0.6) is 5.75 Å². The number of nitrogens with zero attached hydrogens (tertiary/aromatic N) is 2. The van der Waals surface area contributed by atoms with E-state index in [0.29, 0.717) is 12.3 Å². The Morgan fingerprint density at radius 2 is 1.80 bits per heavy atom. The van der Waals surface area contributed by atoms with Crippen LogP contribution >= 0.6 is 0 Å². The summed E-state index contributed by atoms with van der Waals surface area (Å²) in [5.41, 5.74) is 0.961. The van der Waals surface area contributed by atoms with Crippen molar-refractivity contribution in [1.82, 2.24) is 14.5 Å². The first-order chi connectivity index (χ1) is 16.7. The lowest BCUT2D eigenvalue weighted by atomic mass is 10.1. The highest BCUT2D eigenvalue weighted by molar-refractivity contribution is 7.90. The van der Waals surface area contributed by atoms with Crippen molar-refractivity contribution < 1.29 is 27.5 Å². The van der Waals surface area contributed by atoms with Gasteiger partial charge in [0.2, 0.25) is 11.8 Å². The van der Waals surface area contributed by atoms with Gasteiger partial charge in [-0.2, -0.15) is 0 Å². The van der Waals surface area contributed by atoms with E-state index in [4.69, 9.17) is 4.74 Å². The Kier molecular flexibility index (Phi) is 8.50. The Morgan fingerprint density at radius 1 is 1.11 bits per heavy atom. The van der Waals surface area contributed by atoms with Gasteiger partial charge in [-0.1, -0.05) is 31.2 Å². The number of carbonyl (C=O) groups excluding carboxylic acids is 3. The molecule has 0 aromatic heterocycles. The maximum Gasteiger partial charge on any atom is 0.269 e. The summed E-state index contributed by atoms with van der Waals surface area (Å²) in [5, 5.41) is 2.81. The monoisotopic (exact) mass is 501 g/mol. The summed E-state index contributed by atoms with van der Waals surface area (Å²) < 4.78 is 31.5. The van der Waals surface area contributed by atoms with E-state index in [1.54, 1.807) is 38.3 Å². The standard InChI is InChI=1S/C25H31N3O6S/c1-4-15-26-24(30)18(2)27(17-19-11-13-20(34-3)14-12-19)23(29)10-7-16-28-25(31)21-8-5-6-9-22(21)35(28,32)33/h5-6,8-9,11-14,18H,4,7,10,15-17H2,1-3H3,(H,26,30)/t18-/m0/s1. The van der Waals surface area contributed by atoms with Gasteiger partial charge in [-0.3, -0.25) is 14.4 Å². The van der Waals surface area contributed by atoms with Crippen LogP contribution in [0.4, 0.5) is 0 Å². The fourth-order valence-electron chi connectivity index (χ4n) is 3.88. The Morgan fingerprint density at radius 3 is 2.43 bits per heavy atom. The molecule has 35 heavy (non-hydrogen) atoms. The predicted molar refractivity (Wildman–Crippen MR) is 130 cm³/mol. The van der Waals surface area contributed by atoms with Crippen LogP contribution in [0.25, 0.3) is 0 Å². The van der Waals surface area contributed by atoms with Gasteiger partial charge in [0, 0.05) is 26.1 Å². The van der Waals surface area contributed by atoms with Crippen LogP contribution in [0.15, 0.2) is 53.4 Å². The Hall–Kier alpha value is -3.40. The second-order valence-corrected chi connectivity index (χ2v) is 10.1. The summed E-state index contributed by atoms with van der Waals surface area (Å²) in [4.78, 5) is 39.9. The fraction of sp³-hybridized carbons (Fsp3) is 0.400. The van der Waals surface area contributed by atoms with Crippen LogP contribution in [-0.4, -0.2) is 61.6 Å². The van der Waals surface area contributed by atoms with Crippen LogP contribution in [0.2, 0.25) is 0 Å². The summed E-state index contributed by atoms with van der Waals surface area (Å²) in [5.74, 6) is -0.476. The van der Waals surface area contributed by atoms with Crippen LogP contribution in [0, 0.1) is 0 Å². The largest absolute Gasteiger partial charge is 0.497 e. The molecule has 0 bridgehead atoms. The molecule has 2 aromatic carbocycles. The van der Waals surface area contributed by atoms with E-state index in [9.17, 15) is 22.8 Å². The van der Waals surface area contributed by atoms with Crippen molar-refractivity contribution in [2.75, 3.05) is 20.2 Å². The summed E-state index contributed by atoms with van der Waals surface area (Å²) in [7, 11) is -2.36. The van der Waals surface area contributed by atoms with E-state index in [0.717, 1.165) is 16.3 Å². The van der Waals surface area contributed by atoms with E-state index >= 15 is 0 Å². The highest BCUT2D eigenvalue weighted by Gasteiger charge is 2.40. The molecule has 9 nitrogen and oxygen atoms in total. The van der Waals surface area contributed by atoms with Gasteiger partial charge in [0.1, 0.15) is 16.7 Å². The molecule has 0 unspecified atom stereocenters. The number of amides is 3. The van der Waals surface area contributed by atoms with Crippen molar-refractivity contribution >= 4 is 27.7 Å². The van der Waals surface area contributed by atoms with Gasteiger partial charge >= 0.3 is 0 Å². The third-order valence-corrected chi connectivity index (χ3v) is 7.73. The van der Waals surface area contributed by atoms with Gasteiger partial charge < -0.3 is 15.0 Å². The Labute approximate surface area is 206 Å². The van der Waals surface area contributed by atoms with Crippen LogP contribution in [0.3, 0.4) is 0 Å². The number of ether oxygens (including phenoxy) is 1. The molecule has 1 heterocycles. The van der Waals surface area contributed by atoms with Crippen molar-refractivity contribution in [3.05, 3.63) is 59.7 Å². The first-order valence-corrected chi connectivity index (χ1v) is 13.0. The van der Waals surface area contributed by atoms with Crippen molar-refractivity contribution in [3.8, 4) is 5.75 Å². The molecule has 3 rings (SSSR count). The molecule has 188 valence electrons.